The van der Waals surface area contributed by atoms with Crippen LogP contribution in [0.15, 0.2) is 36.7 Å². The molecular weight excluding hydrogens is 501 g/mol. The molecule has 1 aliphatic carbocycles. The molecule has 1 aromatic carbocycles. The highest BCUT2D eigenvalue weighted by Gasteiger charge is 2.49. The number of aromatic nitrogens is 2. The molecule has 37 heavy (non-hydrogen) atoms. The number of nitrogens with one attached hydrogen (secondary N) is 2. The minimum atomic E-state index is -4.24. The normalized spacial score (nSPS) is 21.6. The second-order valence-corrected chi connectivity index (χ2v) is 11.6. The number of nitrogens with zero attached hydrogens (tertiary/aromatic N) is 4. The van der Waals surface area contributed by atoms with Crippen LogP contribution in [-0.4, -0.2) is 73.3 Å². The van der Waals surface area contributed by atoms with Gasteiger partial charge in [-0.1, -0.05) is 0 Å². The number of halogens is 3. The van der Waals surface area contributed by atoms with Gasteiger partial charge in [-0.05, 0) is 69.1 Å². The molecular formula is C26H35F3N6OS. The molecule has 202 valence electrons. The van der Waals surface area contributed by atoms with Gasteiger partial charge in [0.2, 0.25) is 0 Å². The second kappa shape index (κ2) is 10.1. The van der Waals surface area contributed by atoms with E-state index in [1.165, 1.54) is 6.33 Å². The van der Waals surface area contributed by atoms with Gasteiger partial charge in [0.15, 0.2) is 0 Å². The quantitative estimate of drug-likeness (QED) is 0.420. The number of carbonyl (C=O) groups excluding carboxylic acids is 1. The van der Waals surface area contributed by atoms with Crippen LogP contribution in [0.2, 0.25) is 0 Å². The Morgan fingerprint density at radius 2 is 2.00 bits per heavy atom. The van der Waals surface area contributed by atoms with Crippen molar-refractivity contribution in [1.29, 1.82) is 0 Å². The van der Waals surface area contributed by atoms with E-state index >= 15 is 0 Å². The lowest BCUT2D eigenvalue weighted by molar-refractivity contribution is -0.126. The number of benzene rings is 1. The number of anilines is 2. The van der Waals surface area contributed by atoms with E-state index in [-0.39, 0.29) is 19.1 Å². The molecule has 5 rings (SSSR count). The van der Waals surface area contributed by atoms with Gasteiger partial charge in [0.05, 0.1) is 11.8 Å². The van der Waals surface area contributed by atoms with Crippen molar-refractivity contribution < 1.29 is 20.8 Å². The summed E-state index contributed by atoms with van der Waals surface area (Å²) in [7, 11) is 3.94. The van der Waals surface area contributed by atoms with Crippen molar-refractivity contribution in [3.63, 3.8) is 0 Å². The van der Waals surface area contributed by atoms with Crippen molar-refractivity contribution in [1.82, 2.24) is 20.2 Å². The number of hydrogen-bond acceptors (Lipinski definition) is 7. The first-order valence-electron chi connectivity index (χ1n) is 12.4. The van der Waals surface area contributed by atoms with E-state index < -0.39 is 12.6 Å². The minimum absolute atomic E-state index is 0. The third-order valence-electron chi connectivity index (χ3n) is 7.19. The standard InChI is InChI=1S/C26H31F3N6OS.2H2/c1-34(2)10-8-30-23(36)17-3-5-18(6-4-17)33-19-12-25(13-19)7-9-35(15-25)22-21-11-20(14-26(27,28)29)37-24(21)32-16-31-22;;/h3-6,11,16,19,33H,7-10,12-15H2,1-2H3,(H,30,36);2*1H. The van der Waals surface area contributed by atoms with Crippen LogP contribution >= 0.6 is 11.3 Å². The summed E-state index contributed by atoms with van der Waals surface area (Å²) in [6.45, 7) is 3.07. The van der Waals surface area contributed by atoms with Gasteiger partial charge in [0.1, 0.15) is 17.0 Å². The van der Waals surface area contributed by atoms with E-state index in [1.54, 1.807) is 6.07 Å². The SMILES string of the molecule is CN(C)CCNC(=O)c1ccc(NC2CC3(CCN(c4ncnc5sc(CC(F)(F)F)cc45)C3)C2)cc1.[HH].[HH]. The summed E-state index contributed by atoms with van der Waals surface area (Å²) in [5.74, 6) is 0.666. The van der Waals surface area contributed by atoms with Gasteiger partial charge in [0, 0.05) is 51.2 Å². The first-order chi connectivity index (χ1) is 17.6. The Kier molecular flexibility index (Phi) is 7.01. The summed E-state index contributed by atoms with van der Waals surface area (Å²) in [6.07, 6.45) is -0.650. The lowest BCUT2D eigenvalue weighted by atomic mass is 9.65. The van der Waals surface area contributed by atoms with Crippen molar-refractivity contribution in [3.8, 4) is 0 Å². The van der Waals surface area contributed by atoms with Crippen LogP contribution in [0.3, 0.4) is 0 Å². The average molecular weight is 537 g/mol. The summed E-state index contributed by atoms with van der Waals surface area (Å²) >= 11 is 1.09. The lowest BCUT2D eigenvalue weighted by Gasteiger charge is -2.46. The summed E-state index contributed by atoms with van der Waals surface area (Å²) in [5.41, 5.74) is 1.82. The Labute approximate surface area is 221 Å². The van der Waals surface area contributed by atoms with Crippen molar-refractivity contribution in [2.45, 2.75) is 37.9 Å². The summed E-state index contributed by atoms with van der Waals surface area (Å²) in [5, 5.41) is 7.21. The Bertz CT molecular complexity index is 1260. The maximum Gasteiger partial charge on any atom is 0.393 e. The highest BCUT2D eigenvalue weighted by atomic mass is 32.1. The van der Waals surface area contributed by atoms with E-state index in [1.807, 2.05) is 43.3 Å². The molecule has 1 aliphatic heterocycles. The monoisotopic (exact) mass is 536 g/mol. The van der Waals surface area contributed by atoms with Crippen LogP contribution in [0.5, 0.6) is 0 Å². The third kappa shape index (κ3) is 5.98. The number of alkyl halides is 3. The van der Waals surface area contributed by atoms with Gasteiger partial charge in [0.25, 0.3) is 5.91 Å². The number of hydrogen-bond donors (Lipinski definition) is 2. The summed E-state index contributed by atoms with van der Waals surface area (Å²) in [4.78, 5) is 26.0. The molecule has 1 saturated heterocycles. The number of amides is 1. The largest absolute Gasteiger partial charge is 0.393 e. The van der Waals surface area contributed by atoms with E-state index in [2.05, 4.69) is 25.5 Å². The smallest absolute Gasteiger partial charge is 0.382 e. The molecule has 2 N–H and O–H groups in total. The first kappa shape index (κ1) is 25.7. The van der Waals surface area contributed by atoms with Crippen LogP contribution in [0.1, 0.15) is 37.4 Å². The van der Waals surface area contributed by atoms with Gasteiger partial charge in [-0.2, -0.15) is 13.2 Å². The molecule has 2 aromatic heterocycles. The van der Waals surface area contributed by atoms with Crippen LogP contribution in [0.25, 0.3) is 10.2 Å². The average Bonchev–Trinajstić information content (AvgIpc) is 3.42. The highest BCUT2D eigenvalue weighted by Crippen LogP contribution is 2.50. The second-order valence-electron chi connectivity index (χ2n) is 10.5. The molecule has 2 fully saturated rings. The van der Waals surface area contributed by atoms with Crippen LogP contribution in [-0.2, 0) is 6.42 Å². The molecule has 0 bridgehead atoms. The predicted molar refractivity (Wildman–Crippen MR) is 145 cm³/mol. The van der Waals surface area contributed by atoms with E-state index in [4.69, 9.17) is 0 Å². The molecule has 1 saturated carbocycles. The van der Waals surface area contributed by atoms with E-state index in [9.17, 15) is 18.0 Å². The molecule has 11 heteroatoms. The van der Waals surface area contributed by atoms with Crippen LogP contribution in [0, 0.1) is 5.41 Å². The van der Waals surface area contributed by atoms with Crippen LogP contribution in [0.4, 0.5) is 24.7 Å². The molecule has 0 unspecified atom stereocenters. The summed E-state index contributed by atoms with van der Waals surface area (Å²) < 4.78 is 38.6. The molecule has 3 heterocycles. The van der Waals surface area contributed by atoms with Crippen molar-refractivity contribution >= 4 is 39.0 Å². The first-order valence-corrected chi connectivity index (χ1v) is 13.3. The Balaban J connectivity index is 0.00000210. The number of fused-ring (bicyclic) bond motifs is 1. The molecule has 7 nitrogen and oxygen atoms in total. The van der Waals surface area contributed by atoms with Crippen LogP contribution < -0.4 is 15.5 Å². The van der Waals surface area contributed by atoms with Gasteiger partial charge >= 0.3 is 6.18 Å². The zero-order chi connectivity index (χ0) is 26.2. The van der Waals surface area contributed by atoms with Crippen molar-refractivity contribution in [2.24, 2.45) is 5.41 Å². The maximum atomic E-state index is 12.9. The molecule has 1 amide bonds. The maximum absolute atomic E-state index is 12.9. The Morgan fingerprint density at radius 3 is 2.70 bits per heavy atom. The number of rotatable bonds is 8. The lowest BCUT2D eigenvalue weighted by Crippen LogP contribution is -2.46. The topological polar surface area (TPSA) is 73.4 Å². The van der Waals surface area contributed by atoms with Gasteiger partial charge < -0.3 is 20.4 Å². The fourth-order valence-electron chi connectivity index (χ4n) is 5.42. The van der Waals surface area contributed by atoms with E-state index in [0.717, 1.165) is 61.7 Å². The molecule has 0 atom stereocenters. The van der Waals surface area contributed by atoms with Gasteiger partial charge in [-0.25, -0.2) is 9.97 Å². The molecule has 1 spiro atoms. The van der Waals surface area contributed by atoms with Crippen molar-refractivity contribution in [3.05, 3.63) is 47.1 Å². The zero-order valence-electron chi connectivity index (χ0n) is 20.9. The van der Waals surface area contributed by atoms with Gasteiger partial charge in [-0.3, -0.25) is 4.79 Å². The highest BCUT2D eigenvalue weighted by molar-refractivity contribution is 7.18. The third-order valence-corrected chi connectivity index (χ3v) is 8.24. The molecule has 3 aromatic rings. The molecule has 2 aliphatic rings. The number of carbonyl (C=O) groups is 1. The predicted octanol–water partition coefficient (Wildman–Crippen LogP) is 5.05. The minimum Gasteiger partial charge on any atom is -0.382 e. The van der Waals surface area contributed by atoms with Crippen molar-refractivity contribution in [2.75, 3.05) is 50.5 Å². The van der Waals surface area contributed by atoms with E-state index in [0.29, 0.717) is 28.4 Å². The fourth-order valence-corrected chi connectivity index (χ4v) is 6.44. The Morgan fingerprint density at radius 1 is 1.24 bits per heavy atom. The number of thiophene rings is 1. The Hall–Kier alpha value is -2.92. The molecule has 0 radical (unpaired) electrons. The number of likely N-dealkylation sites (N-methyl/N-ethyl adjacent to an activating group) is 1. The zero-order valence-corrected chi connectivity index (χ0v) is 21.8. The summed E-state index contributed by atoms with van der Waals surface area (Å²) in [6, 6.07) is 9.52. The van der Waals surface area contributed by atoms with Gasteiger partial charge in [-0.15, -0.1) is 11.3 Å². The fraction of sp³-hybridized carbons (Fsp3) is 0.500.